The minimum atomic E-state index is -5.08. The Morgan fingerprint density at radius 3 is 2.25 bits per heavy atom. The van der Waals surface area contributed by atoms with Crippen LogP contribution in [0.4, 0.5) is 13.2 Å². The summed E-state index contributed by atoms with van der Waals surface area (Å²) in [7, 11) is 0. The SMILES string of the molecule is O=C(O)C(F)(F)F.OC1CCC2CCNC12. The molecule has 0 spiro atoms. The van der Waals surface area contributed by atoms with Gasteiger partial charge in [-0.25, -0.2) is 4.79 Å². The molecule has 0 aromatic carbocycles. The van der Waals surface area contributed by atoms with E-state index in [1.807, 2.05) is 0 Å². The molecular weight excluding hydrogens is 227 g/mol. The van der Waals surface area contributed by atoms with Crippen molar-refractivity contribution in [3.63, 3.8) is 0 Å². The van der Waals surface area contributed by atoms with Gasteiger partial charge in [0.25, 0.3) is 0 Å². The third-order valence-electron chi connectivity index (χ3n) is 2.89. The Kier molecular flexibility index (Phi) is 4.15. The quantitative estimate of drug-likeness (QED) is 0.585. The summed E-state index contributed by atoms with van der Waals surface area (Å²) in [5.41, 5.74) is 0. The third-order valence-corrected chi connectivity index (χ3v) is 2.89. The maximum absolute atomic E-state index is 10.6. The first-order valence-corrected chi connectivity index (χ1v) is 5.04. The van der Waals surface area contributed by atoms with E-state index in [1.54, 1.807) is 0 Å². The standard InChI is InChI=1S/C7H13NO.C2HF3O2/c9-6-2-1-5-3-4-8-7(5)6;3-2(4,5)1(6)7/h5-9H,1-4H2;(H,6,7). The van der Waals surface area contributed by atoms with Gasteiger partial charge in [0, 0.05) is 6.04 Å². The van der Waals surface area contributed by atoms with Crippen LogP contribution < -0.4 is 5.32 Å². The van der Waals surface area contributed by atoms with Gasteiger partial charge < -0.3 is 15.5 Å². The number of alkyl halides is 3. The van der Waals surface area contributed by atoms with Crippen LogP contribution in [0.1, 0.15) is 19.3 Å². The number of nitrogens with one attached hydrogen (secondary N) is 1. The van der Waals surface area contributed by atoms with E-state index in [1.165, 1.54) is 12.8 Å². The van der Waals surface area contributed by atoms with E-state index in [4.69, 9.17) is 9.90 Å². The van der Waals surface area contributed by atoms with E-state index in [0.717, 1.165) is 18.9 Å². The van der Waals surface area contributed by atoms with Crippen molar-refractivity contribution >= 4 is 5.97 Å². The first kappa shape index (κ1) is 13.2. The molecule has 2 fully saturated rings. The highest BCUT2D eigenvalue weighted by Crippen LogP contribution is 2.31. The summed E-state index contributed by atoms with van der Waals surface area (Å²) in [6.45, 7) is 1.12. The molecule has 94 valence electrons. The number of carboxylic acid groups (broad SMARTS) is 1. The first-order valence-electron chi connectivity index (χ1n) is 5.04. The number of carboxylic acids is 1. The van der Waals surface area contributed by atoms with Gasteiger partial charge in [0.05, 0.1) is 6.10 Å². The molecule has 1 saturated carbocycles. The number of fused-ring (bicyclic) bond motifs is 1. The van der Waals surface area contributed by atoms with Crippen LogP contribution in [0.25, 0.3) is 0 Å². The van der Waals surface area contributed by atoms with Crippen LogP contribution in [-0.4, -0.2) is 41.0 Å². The lowest BCUT2D eigenvalue weighted by Crippen LogP contribution is -2.33. The average molecular weight is 241 g/mol. The Balaban J connectivity index is 0.000000168. The molecule has 16 heavy (non-hydrogen) atoms. The zero-order chi connectivity index (χ0) is 12.3. The highest BCUT2D eigenvalue weighted by molar-refractivity contribution is 5.73. The molecule has 4 nitrogen and oxygen atoms in total. The third kappa shape index (κ3) is 3.34. The van der Waals surface area contributed by atoms with Crippen molar-refractivity contribution in [3.8, 4) is 0 Å². The van der Waals surface area contributed by atoms with Gasteiger partial charge in [0.2, 0.25) is 0 Å². The minimum absolute atomic E-state index is 0.0440. The van der Waals surface area contributed by atoms with E-state index in [9.17, 15) is 18.3 Å². The molecule has 3 unspecified atom stereocenters. The van der Waals surface area contributed by atoms with Crippen molar-refractivity contribution in [3.05, 3.63) is 0 Å². The van der Waals surface area contributed by atoms with Crippen LogP contribution in [0, 0.1) is 5.92 Å². The Labute approximate surface area is 90.4 Å². The lowest BCUT2D eigenvalue weighted by Gasteiger charge is -2.11. The number of aliphatic hydroxyl groups excluding tert-OH is 1. The van der Waals surface area contributed by atoms with E-state index in [2.05, 4.69) is 5.32 Å². The Hall–Kier alpha value is -0.820. The van der Waals surface area contributed by atoms with Crippen molar-refractivity contribution in [2.24, 2.45) is 5.92 Å². The summed E-state index contributed by atoms with van der Waals surface area (Å²) in [5.74, 6) is -1.97. The summed E-state index contributed by atoms with van der Waals surface area (Å²) in [6, 6.07) is 0.449. The van der Waals surface area contributed by atoms with Gasteiger partial charge in [0.1, 0.15) is 0 Å². The van der Waals surface area contributed by atoms with Crippen molar-refractivity contribution in [1.82, 2.24) is 5.32 Å². The maximum atomic E-state index is 10.6. The molecule has 2 rings (SSSR count). The zero-order valence-corrected chi connectivity index (χ0v) is 8.50. The van der Waals surface area contributed by atoms with E-state index in [-0.39, 0.29) is 6.10 Å². The fraction of sp³-hybridized carbons (Fsp3) is 0.889. The van der Waals surface area contributed by atoms with Gasteiger partial charge in [-0.15, -0.1) is 0 Å². The Morgan fingerprint density at radius 2 is 1.81 bits per heavy atom. The Bertz CT molecular complexity index is 257. The molecule has 1 aliphatic heterocycles. The average Bonchev–Trinajstić information content (AvgIpc) is 2.71. The fourth-order valence-electron chi connectivity index (χ4n) is 2.12. The van der Waals surface area contributed by atoms with Gasteiger partial charge in [-0.05, 0) is 31.7 Å². The molecule has 1 saturated heterocycles. The zero-order valence-electron chi connectivity index (χ0n) is 8.50. The first-order chi connectivity index (χ1) is 7.32. The van der Waals surface area contributed by atoms with Crippen LogP contribution in [0.2, 0.25) is 0 Å². The summed E-state index contributed by atoms with van der Waals surface area (Å²) in [6.07, 6.45) is -1.60. The summed E-state index contributed by atoms with van der Waals surface area (Å²) in [4.78, 5) is 8.90. The minimum Gasteiger partial charge on any atom is -0.475 e. The molecule has 0 bridgehead atoms. The molecule has 1 heterocycles. The number of aliphatic carboxylic acids is 1. The highest BCUT2D eigenvalue weighted by atomic mass is 19.4. The second-order valence-corrected chi connectivity index (χ2v) is 3.98. The number of carbonyl (C=O) groups is 1. The van der Waals surface area contributed by atoms with Crippen LogP contribution >= 0.6 is 0 Å². The largest absolute Gasteiger partial charge is 0.490 e. The van der Waals surface area contributed by atoms with E-state index < -0.39 is 12.1 Å². The highest BCUT2D eigenvalue weighted by Gasteiger charge is 2.38. The second-order valence-electron chi connectivity index (χ2n) is 3.98. The summed E-state index contributed by atoms with van der Waals surface area (Å²) >= 11 is 0. The normalized spacial score (nSPS) is 32.9. The number of rotatable bonds is 0. The molecule has 0 radical (unpaired) electrons. The van der Waals surface area contributed by atoms with Crippen LogP contribution in [0.3, 0.4) is 0 Å². The lowest BCUT2D eigenvalue weighted by molar-refractivity contribution is -0.192. The number of hydrogen-bond donors (Lipinski definition) is 3. The van der Waals surface area contributed by atoms with Gasteiger partial charge in [0.15, 0.2) is 0 Å². The Morgan fingerprint density at radius 1 is 1.25 bits per heavy atom. The lowest BCUT2D eigenvalue weighted by atomic mass is 10.0. The molecule has 0 aromatic rings. The summed E-state index contributed by atoms with van der Waals surface area (Å²) in [5, 5.41) is 19.8. The molecule has 1 aliphatic carbocycles. The fourth-order valence-corrected chi connectivity index (χ4v) is 2.12. The van der Waals surface area contributed by atoms with Crippen molar-refractivity contribution in [1.29, 1.82) is 0 Å². The van der Waals surface area contributed by atoms with Crippen molar-refractivity contribution in [2.45, 2.75) is 37.6 Å². The molecule has 0 amide bonds. The van der Waals surface area contributed by atoms with E-state index >= 15 is 0 Å². The molecular formula is C9H14F3NO3. The van der Waals surface area contributed by atoms with Gasteiger partial charge >= 0.3 is 12.1 Å². The monoisotopic (exact) mass is 241 g/mol. The maximum Gasteiger partial charge on any atom is 0.490 e. The number of halogens is 3. The number of aliphatic hydroxyl groups is 1. The van der Waals surface area contributed by atoms with Crippen LogP contribution in [0.5, 0.6) is 0 Å². The predicted octanol–water partition coefficient (Wildman–Crippen LogP) is 0.752. The molecule has 3 atom stereocenters. The van der Waals surface area contributed by atoms with Gasteiger partial charge in [-0.3, -0.25) is 0 Å². The van der Waals surface area contributed by atoms with Crippen molar-refractivity contribution in [2.75, 3.05) is 6.54 Å². The molecule has 2 aliphatic rings. The van der Waals surface area contributed by atoms with E-state index in [0.29, 0.717) is 6.04 Å². The summed E-state index contributed by atoms with van der Waals surface area (Å²) < 4.78 is 31.7. The smallest absolute Gasteiger partial charge is 0.475 e. The molecule has 0 aromatic heterocycles. The predicted molar refractivity (Wildman–Crippen MR) is 48.8 cm³/mol. The number of hydrogen-bond acceptors (Lipinski definition) is 3. The second kappa shape index (κ2) is 5.01. The van der Waals surface area contributed by atoms with Crippen molar-refractivity contribution < 1.29 is 28.2 Å². The van der Waals surface area contributed by atoms with Crippen LogP contribution in [-0.2, 0) is 4.79 Å². The van der Waals surface area contributed by atoms with Crippen LogP contribution in [0.15, 0.2) is 0 Å². The molecule has 7 heteroatoms. The topological polar surface area (TPSA) is 69.6 Å². The molecule has 3 N–H and O–H groups in total. The van der Waals surface area contributed by atoms with Gasteiger partial charge in [-0.1, -0.05) is 0 Å². The van der Waals surface area contributed by atoms with Gasteiger partial charge in [-0.2, -0.15) is 13.2 Å².